The van der Waals surface area contributed by atoms with E-state index in [0.29, 0.717) is 0 Å². The van der Waals surface area contributed by atoms with E-state index in [2.05, 4.69) is 34.6 Å². The number of fused-ring (bicyclic) bond motifs is 3. The summed E-state index contributed by atoms with van der Waals surface area (Å²) >= 11 is 1.35. The van der Waals surface area contributed by atoms with Crippen LogP contribution in [0.2, 0.25) is 0 Å². The fraction of sp³-hybridized carbons (Fsp3) is 0.192. The van der Waals surface area contributed by atoms with Gasteiger partial charge >= 0.3 is 12.1 Å². The van der Waals surface area contributed by atoms with Crippen LogP contribution in [-0.2, 0) is 14.3 Å². The molecular formula is C26H22N2O5S. The molecule has 1 atom stereocenters. The first-order valence-electron chi connectivity index (χ1n) is 10.7. The van der Waals surface area contributed by atoms with Crippen molar-refractivity contribution in [2.24, 2.45) is 0 Å². The van der Waals surface area contributed by atoms with Crippen molar-refractivity contribution in [2.75, 3.05) is 13.2 Å². The molecule has 3 N–H and O–H groups in total. The van der Waals surface area contributed by atoms with Crippen LogP contribution in [0.4, 0.5) is 4.79 Å². The Hall–Kier alpha value is -4.09. The molecule has 0 fully saturated rings. The maximum atomic E-state index is 12.2. The first-order chi connectivity index (χ1) is 16.5. The second kappa shape index (κ2) is 10.7. The predicted octanol–water partition coefficient (Wildman–Crippen LogP) is 3.92. The van der Waals surface area contributed by atoms with Crippen LogP contribution >= 0.6 is 11.3 Å². The third-order valence-corrected chi connectivity index (χ3v) is 6.42. The van der Waals surface area contributed by atoms with Crippen LogP contribution in [0, 0.1) is 11.8 Å². The maximum Gasteiger partial charge on any atom is 0.407 e. The van der Waals surface area contributed by atoms with Gasteiger partial charge in [0.05, 0.1) is 19.0 Å². The summed E-state index contributed by atoms with van der Waals surface area (Å²) < 4.78 is 5.42. The van der Waals surface area contributed by atoms with Gasteiger partial charge in [-0.3, -0.25) is 9.59 Å². The molecule has 0 bridgehead atoms. The number of carbonyl (C=O) groups is 3. The molecule has 1 aliphatic carbocycles. The van der Waals surface area contributed by atoms with Crippen molar-refractivity contribution in [1.29, 1.82) is 0 Å². The molecule has 172 valence electrons. The van der Waals surface area contributed by atoms with Crippen molar-refractivity contribution in [3.63, 3.8) is 0 Å². The van der Waals surface area contributed by atoms with Crippen molar-refractivity contribution in [2.45, 2.75) is 18.4 Å². The van der Waals surface area contributed by atoms with Gasteiger partial charge in [-0.15, -0.1) is 11.3 Å². The lowest BCUT2D eigenvalue weighted by Crippen LogP contribution is -2.29. The first-order valence-corrected chi connectivity index (χ1v) is 11.5. The maximum absolute atomic E-state index is 12.2. The van der Waals surface area contributed by atoms with Gasteiger partial charge in [0, 0.05) is 10.8 Å². The molecular weight excluding hydrogens is 452 g/mol. The number of ether oxygens (including phenoxy) is 1. The first kappa shape index (κ1) is 23.1. The molecule has 1 heterocycles. The van der Waals surface area contributed by atoms with Gasteiger partial charge in [0.15, 0.2) is 0 Å². The van der Waals surface area contributed by atoms with Gasteiger partial charge in [0.2, 0.25) is 0 Å². The number of hydrogen-bond donors (Lipinski definition) is 3. The SMILES string of the molecule is O=C(O)CC(NC(=O)C#CCNC(=O)OCC1c2ccccc2-c2ccccc21)c1cccs1. The van der Waals surface area contributed by atoms with Gasteiger partial charge in [-0.1, -0.05) is 60.5 Å². The quantitative estimate of drug-likeness (QED) is 0.450. The molecule has 8 heteroatoms. The Bertz CT molecular complexity index is 1210. The zero-order chi connectivity index (χ0) is 23.9. The molecule has 0 saturated heterocycles. The van der Waals surface area contributed by atoms with E-state index in [1.807, 2.05) is 36.4 Å². The zero-order valence-corrected chi connectivity index (χ0v) is 18.9. The third kappa shape index (κ3) is 5.45. The van der Waals surface area contributed by atoms with Gasteiger partial charge in [0.1, 0.15) is 6.61 Å². The molecule has 1 aliphatic rings. The zero-order valence-electron chi connectivity index (χ0n) is 18.1. The molecule has 0 saturated carbocycles. The molecule has 1 unspecified atom stereocenters. The Morgan fingerprint density at radius 1 is 1.00 bits per heavy atom. The van der Waals surface area contributed by atoms with Gasteiger partial charge in [-0.25, -0.2) is 4.79 Å². The monoisotopic (exact) mass is 474 g/mol. The molecule has 3 aromatic rings. The highest BCUT2D eigenvalue weighted by Crippen LogP contribution is 2.44. The number of thiophene rings is 1. The van der Waals surface area contributed by atoms with Crippen LogP contribution in [0.3, 0.4) is 0 Å². The summed E-state index contributed by atoms with van der Waals surface area (Å²) in [6, 6.07) is 19.0. The predicted molar refractivity (Wildman–Crippen MR) is 128 cm³/mol. The van der Waals surface area contributed by atoms with Crippen LogP contribution in [0.15, 0.2) is 66.0 Å². The Morgan fingerprint density at radius 3 is 2.29 bits per heavy atom. The summed E-state index contributed by atoms with van der Waals surface area (Å²) in [7, 11) is 0. The molecule has 0 spiro atoms. The second-order valence-corrected chi connectivity index (χ2v) is 8.60. The number of rotatable bonds is 7. The van der Waals surface area contributed by atoms with Crippen LogP contribution in [0.25, 0.3) is 11.1 Å². The van der Waals surface area contributed by atoms with E-state index >= 15 is 0 Å². The number of nitrogens with one attached hydrogen (secondary N) is 2. The summed E-state index contributed by atoms with van der Waals surface area (Å²) in [6.07, 6.45) is -0.870. The van der Waals surface area contributed by atoms with Crippen molar-refractivity contribution in [3.05, 3.63) is 82.0 Å². The standard InChI is InChI=1S/C26H22N2O5S/c29-24(28-22(15-25(30)31)23-11-6-14-34-23)12-5-13-27-26(32)33-16-21-19-9-3-1-7-17(19)18-8-2-4-10-20(18)21/h1-4,6-11,14,21-22H,13,15-16H2,(H,27,32)(H,28,29)(H,30,31). The smallest absolute Gasteiger partial charge is 0.407 e. The highest BCUT2D eigenvalue weighted by atomic mass is 32.1. The van der Waals surface area contributed by atoms with E-state index in [-0.39, 0.29) is 25.5 Å². The highest BCUT2D eigenvalue weighted by Gasteiger charge is 2.28. The van der Waals surface area contributed by atoms with Crippen molar-refractivity contribution in [3.8, 4) is 23.0 Å². The average molecular weight is 475 g/mol. The molecule has 2 amide bonds. The van der Waals surface area contributed by atoms with Crippen molar-refractivity contribution < 1.29 is 24.2 Å². The largest absolute Gasteiger partial charge is 0.481 e. The second-order valence-electron chi connectivity index (χ2n) is 7.62. The Morgan fingerprint density at radius 2 is 1.68 bits per heavy atom. The van der Waals surface area contributed by atoms with Crippen molar-refractivity contribution in [1.82, 2.24) is 10.6 Å². The van der Waals surface area contributed by atoms with E-state index in [1.54, 1.807) is 17.5 Å². The minimum Gasteiger partial charge on any atom is -0.481 e. The van der Waals surface area contributed by atoms with E-state index < -0.39 is 24.0 Å². The van der Waals surface area contributed by atoms with Gasteiger partial charge in [-0.05, 0) is 39.6 Å². The lowest BCUT2D eigenvalue weighted by atomic mass is 9.98. The Kier molecular flexibility index (Phi) is 7.25. The fourth-order valence-corrected chi connectivity index (χ4v) is 4.75. The number of hydrogen-bond acceptors (Lipinski definition) is 5. The number of alkyl carbamates (subject to hydrolysis) is 1. The van der Waals surface area contributed by atoms with Gasteiger partial charge < -0.3 is 20.5 Å². The minimum atomic E-state index is -1.02. The molecule has 0 radical (unpaired) electrons. The van der Waals surface area contributed by atoms with E-state index in [9.17, 15) is 14.4 Å². The third-order valence-electron chi connectivity index (χ3n) is 5.44. The highest BCUT2D eigenvalue weighted by molar-refractivity contribution is 7.10. The molecule has 0 aliphatic heterocycles. The summed E-state index contributed by atoms with van der Waals surface area (Å²) in [4.78, 5) is 36.1. The van der Waals surface area contributed by atoms with E-state index in [1.165, 1.54) is 11.3 Å². The number of aliphatic carboxylic acids is 1. The average Bonchev–Trinajstić information content (AvgIpc) is 3.47. The van der Waals surface area contributed by atoms with Crippen LogP contribution in [0.5, 0.6) is 0 Å². The van der Waals surface area contributed by atoms with Crippen LogP contribution in [0.1, 0.15) is 34.4 Å². The number of carboxylic acids is 1. The Balaban J connectivity index is 1.27. The van der Waals surface area contributed by atoms with Crippen molar-refractivity contribution >= 4 is 29.3 Å². The Labute approximate surface area is 200 Å². The van der Waals surface area contributed by atoms with Gasteiger partial charge in [0.25, 0.3) is 5.91 Å². The van der Waals surface area contributed by atoms with Gasteiger partial charge in [-0.2, -0.15) is 0 Å². The van der Waals surface area contributed by atoms with E-state index in [4.69, 9.17) is 9.84 Å². The molecule has 2 aromatic carbocycles. The number of carboxylic acid groups (broad SMARTS) is 1. The van der Waals surface area contributed by atoms with Crippen LogP contribution < -0.4 is 10.6 Å². The van der Waals surface area contributed by atoms with E-state index in [0.717, 1.165) is 27.1 Å². The molecule has 7 nitrogen and oxygen atoms in total. The lowest BCUT2D eigenvalue weighted by molar-refractivity contribution is -0.137. The fourth-order valence-electron chi connectivity index (χ4n) is 3.97. The number of benzene rings is 2. The number of carbonyl (C=O) groups excluding carboxylic acids is 2. The van der Waals surface area contributed by atoms with Crippen LogP contribution in [-0.4, -0.2) is 36.2 Å². The summed E-state index contributed by atoms with van der Waals surface area (Å²) in [5, 5.41) is 16.0. The molecule has 4 rings (SSSR count). The molecule has 34 heavy (non-hydrogen) atoms. The minimum absolute atomic E-state index is 0.0431. The summed E-state index contributed by atoms with van der Waals surface area (Å²) in [5.74, 6) is 3.25. The summed E-state index contributed by atoms with van der Waals surface area (Å²) in [5.41, 5.74) is 4.53. The normalized spacial score (nSPS) is 12.5. The summed E-state index contributed by atoms with van der Waals surface area (Å²) in [6.45, 7) is 0.109. The number of amides is 2. The topological polar surface area (TPSA) is 105 Å². The lowest BCUT2D eigenvalue weighted by Gasteiger charge is -2.14. The molecule has 1 aromatic heterocycles.